The van der Waals surface area contributed by atoms with E-state index in [4.69, 9.17) is 16.7 Å². The minimum Gasteiger partial charge on any atom is -0.481 e. The average Bonchev–Trinajstić information content (AvgIpc) is 2.85. The molecule has 1 amide bonds. The minimum atomic E-state index is -4.54. The molecule has 10 heteroatoms. The fraction of sp³-hybridized carbons (Fsp3) is 0.357. The molecule has 0 saturated carbocycles. The van der Waals surface area contributed by atoms with Crippen LogP contribution in [0.5, 0.6) is 0 Å². The maximum Gasteiger partial charge on any atom is 0.417 e. The molecular weight excluding hydrogens is 351 g/mol. The summed E-state index contributed by atoms with van der Waals surface area (Å²) in [7, 11) is 0. The standard InChI is InChI=1S/C14H13ClF3N3O3/c15-10-4-8(14(16,17)18)6-21-7-9(20-13(10)21)5-11(22)19-3-1-2-12(23)24/h4,6-7H,1-3,5H2,(H,19,22)(H,23,24). The van der Waals surface area contributed by atoms with Gasteiger partial charge in [-0.15, -0.1) is 0 Å². The summed E-state index contributed by atoms with van der Waals surface area (Å²) in [5, 5.41) is 10.8. The number of hydrogen-bond donors (Lipinski definition) is 2. The van der Waals surface area contributed by atoms with E-state index >= 15 is 0 Å². The number of carbonyl (C=O) groups excluding carboxylic acids is 1. The van der Waals surface area contributed by atoms with Crippen molar-refractivity contribution in [3.63, 3.8) is 0 Å². The maximum absolute atomic E-state index is 12.7. The molecule has 0 atom stereocenters. The molecule has 0 fully saturated rings. The van der Waals surface area contributed by atoms with E-state index in [0.29, 0.717) is 0 Å². The highest BCUT2D eigenvalue weighted by molar-refractivity contribution is 6.33. The topological polar surface area (TPSA) is 83.7 Å². The van der Waals surface area contributed by atoms with Gasteiger partial charge in [0.15, 0.2) is 5.65 Å². The van der Waals surface area contributed by atoms with Crippen LogP contribution in [0, 0.1) is 0 Å². The summed E-state index contributed by atoms with van der Waals surface area (Å²) in [6.45, 7) is 0.192. The number of pyridine rings is 1. The molecule has 6 nitrogen and oxygen atoms in total. The van der Waals surface area contributed by atoms with Crippen molar-refractivity contribution in [1.29, 1.82) is 0 Å². The van der Waals surface area contributed by atoms with Crippen LogP contribution in [0.1, 0.15) is 24.1 Å². The van der Waals surface area contributed by atoms with Crippen LogP contribution in [0.25, 0.3) is 5.65 Å². The third-order valence-electron chi connectivity index (χ3n) is 3.11. The number of carboxylic acid groups (broad SMARTS) is 1. The third-order valence-corrected chi connectivity index (χ3v) is 3.39. The number of alkyl halides is 3. The summed E-state index contributed by atoms with van der Waals surface area (Å²) in [6, 6.07) is 0.777. The number of nitrogens with zero attached hydrogens (tertiary/aromatic N) is 2. The second-order valence-electron chi connectivity index (χ2n) is 5.06. The number of imidazole rings is 1. The number of nitrogens with one attached hydrogen (secondary N) is 1. The molecule has 0 unspecified atom stereocenters. The number of aromatic nitrogens is 2. The van der Waals surface area contributed by atoms with Crippen LogP contribution >= 0.6 is 11.6 Å². The number of rotatable bonds is 6. The molecule has 2 heterocycles. The number of carboxylic acids is 1. The van der Waals surface area contributed by atoms with E-state index in [0.717, 1.165) is 16.7 Å². The first-order valence-electron chi connectivity index (χ1n) is 6.89. The molecular formula is C14H13ClF3N3O3. The van der Waals surface area contributed by atoms with Crippen molar-refractivity contribution in [2.24, 2.45) is 0 Å². The van der Waals surface area contributed by atoms with Crippen LogP contribution in [0.2, 0.25) is 5.02 Å². The molecule has 2 aromatic rings. The van der Waals surface area contributed by atoms with Crippen molar-refractivity contribution < 1.29 is 27.9 Å². The molecule has 130 valence electrons. The highest BCUT2D eigenvalue weighted by atomic mass is 35.5. The van der Waals surface area contributed by atoms with E-state index in [1.165, 1.54) is 6.20 Å². The van der Waals surface area contributed by atoms with Crippen LogP contribution in [-0.2, 0) is 22.2 Å². The lowest BCUT2D eigenvalue weighted by molar-refractivity contribution is -0.138. The Labute approximate surface area is 139 Å². The molecule has 0 bridgehead atoms. The number of aliphatic carboxylic acids is 1. The van der Waals surface area contributed by atoms with Gasteiger partial charge in [0.2, 0.25) is 5.91 Å². The summed E-state index contributed by atoms with van der Waals surface area (Å²) in [4.78, 5) is 26.1. The Bertz CT molecular complexity index is 774. The van der Waals surface area contributed by atoms with E-state index in [1.807, 2.05) is 0 Å². The Hall–Kier alpha value is -2.29. The van der Waals surface area contributed by atoms with Crippen LogP contribution < -0.4 is 5.32 Å². The van der Waals surface area contributed by atoms with Crippen molar-refractivity contribution >= 4 is 29.1 Å². The van der Waals surface area contributed by atoms with Crippen molar-refractivity contribution in [3.05, 3.63) is 34.7 Å². The maximum atomic E-state index is 12.7. The van der Waals surface area contributed by atoms with Crippen molar-refractivity contribution in [2.45, 2.75) is 25.4 Å². The van der Waals surface area contributed by atoms with Crippen LogP contribution in [0.4, 0.5) is 13.2 Å². The lowest BCUT2D eigenvalue weighted by Crippen LogP contribution is -2.26. The molecule has 0 aliphatic carbocycles. The normalized spacial score (nSPS) is 11.7. The molecule has 2 aromatic heterocycles. The Morgan fingerprint density at radius 2 is 2.04 bits per heavy atom. The third kappa shape index (κ3) is 4.60. The molecule has 24 heavy (non-hydrogen) atoms. The Morgan fingerprint density at radius 3 is 2.67 bits per heavy atom. The molecule has 0 spiro atoms. The summed E-state index contributed by atoms with van der Waals surface area (Å²) in [6.07, 6.45) is -2.32. The summed E-state index contributed by atoms with van der Waals surface area (Å²) in [5.41, 5.74) is -0.535. The molecule has 2 rings (SSSR count). The fourth-order valence-corrected chi connectivity index (χ4v) is 2.30. The number of halogens is 4. The first-order chi connectivity index (χ1) is 11.2. The molecule has 0 radical (unpaired) electrons. The smallest absolute Gasteiger partial charge is 0.417 e. The Morgan fingerprint density at radius 1 is 1.33 bits per heavy atom. The molecule has 2 N–H and O–H groups in total. The van der Waals surface area contributed by atoms with Gasteiger partial charge in [-0.25, -0.2) is 4.98 Å². The zero-order valence-corrected chi connectivity index (χ0v) is 13.0. The van der Waals surface area contributed by atoms with E-state index in [1.54, 1.807) is 0 Å². The Balaban J connectivity index is 2.06. The van der Waals surface area contributed by atoms with Crippen molar-refractivity contribution in [1.82, 2.24) is 14.7 Å². The van der Waals surface area contributed by atoms with Gasteiger partial charge < -0.3 is 14.8 Å². The highest BCUT2D eigenvalue weighted by Crippen LogP contribution is 2.32. The quantitative estimate of drug-likeness (QED) is 0.772. The van der Waals surface area contributed by atoms with E-state index in [9.17, 15) is 22.8 Å². The highest BCUT2D eigenvalue weighted by Gasteiger charge is 2.31. The van der Waals surface area contributed by atoms with Gasteiger partial charge in [0.05, 0.1) is 22.7 Å². The van der Waals surface area contributed by atoms with Crippen molar-refractivity contribution in [3.8, 4) is 0 Å². The van der Waals surface area contributed by atoms with E-state index < -0.39 is 23.6 Å². The average molecular weight is 364 g/mol. The van der Waals surface area contributed by atoms with E-state index in [-0.39, 0.29) is 42.2 Å². The summed E-state index contributed by atoms with van der Waals surface area (Å²) in [5.74, 6) is -1.37. The van der Waals surface area contributed by atoms with Crippen LogP contribution in [-0.4, -0.2) is 32.9 Å². The van der Waals surface area contributed by atoms with Gasteiger partial charge in [-0.1, -0.05) is 11.6 Å². The zero-order chi connectivity index (χ0) is 17.9. The number of carbonyl (C=O) groups is 2. The first kappa shape index (κ1) is 18.1. The molecule has 0 aliphatic rings. The van der Waals surface area contributed by atoms with Gasteiger partial charge in [-0.05, 0) is 12.5 Å². The lowest BCUT2D eigenvalue weighted by Gasteiger charge is -2.07. The van der Waals surface area contributed by atoms with Gasteiger partial charge in [0.25, 0.3) is 0 Å². The van der Waals surface area contributed by atoms with Gasteiger partial charge in [0, 0.05) is 25.4 Å². The van der Waals surface area contributed by atoms with E-state index in [2.05, 4.69) is 10.3 Å². The largest absolute Gasteiger partial charge is 0.481 e. The van der Waals surface area contributed by atoms with Gasteiger partial charge in [-0.3, -0.25) is 9.59 Å². The predicted molar refractivity (Wildman–Crippen MR) is 78.8 cm³/mol. The fourth-order valence-electron chi connectivity index (χ4n) is 2.04. The Kier molecular flexibility index (Phi) is 5.33. The van der Waals surface area contributed by atoms with Gasteiger partial charge in [-0.2, -0.15) is 13.2 Å². The SMILES string of the molecule is O=C(O)CCCNC(=O)Cc1cn2cc(C(F)(F)F)cc(Cl)c2n1. The lowest BCUT2D eigenvalue weighted by atomic mass is 10.3. The monoisotopic (exact) mass is 363 g/mol. The minimum absolute atomic E-state index is 0.0650. The first-order valence-corrected chi connectivity index (χ1v) is 7.27. The van der Waals surface area contributed by atoms with Crippen LogP contribution in [0.3, 0.4) is 0 Å². The molecule has 0 aliphatic heterocycles. The number of hydrogen-bond acceptors (Lipinski definition) is 3. The summed E-state index contributed by atoms with van der Waals surface area (Å²) >= 11 is 5.81. The van der Waals surface area contributed by atoms with Crippen molar-refractivity contribution in [2.75, 3.05) is 6.54 Å². The van der Waals surface area contributed by atoms with Gasteiger partial charge in [0.1, 0.15) is 0 Å². The zero-order valence-electron chi connectivity index (χ0n) is 12.2. The predicted octanol–water partition coefficient (Wildman–Crippen LogP) is 2.53. The second-order valence-corrected chi connectivity index (χ2v) is 5.47. The van der Waals surface area contributed by atoms with Gasteiger partial charge >= 0.3 is 12.1 Å². The summed E-state index contributed by atoms with van der Waals surface area (Å²) < 4.78 is 39.4. The molecule has 0 aromatic carbocycles. The number of fused-ring (bicyclic) bond motifs is 1. The second kappa shape index (κ2) is 7.08. The molecule has 0 saturated heterocycles. The van der Waals surface area contributed by atoms with Crippen LogP contribution in [0.15, 0.2) is 18.5 Å². The number of amides is 1.